The van der Waals surface area contributed by atoms with Gasteiger partial charge in [-0.15, -0.1) is 0 Å². The maximum absolute atomic E-state index is 9.60. The summed E-state index contributed by atoms with van der Waals surface area (Å²) in [5.74, 6) is 0.188. The highest BCUT2D eigenvalue weighted by Gasteiger charge is 2.27. The average molecular weight is 596 g/mol. The van der Waals surface area contributed by atoms with Crippen LogP contribution >= 0.6 is 95.6 Å². The van der Waals surface area contributed by atoms with Crippen LogP contribution in [0.5, 0.6) is 5.75 Å². The van der Waals surface area contributed by atoms with Crippen LogP contribution < -0.4 is 0 Å². The molecule has 0 heterocycles. The van der Waals surface area contributed by atoms with Gasteiger partial charge >= 0.3 is 0 Å². The minimum atomic E-state index is -0.543. The van der Waals surface area contributed by atoms with E-state index in [4.69, 9.17) is 0 Å². The topological polar surface area (TPSA) is 20.2 Å². The number of aromatic hydroxyl groups is 1. The summed E-state index contributed by atoms with van der Waals surface area (Å²) < 4.78 is -1.09. The van der Waals surface area contributed by atoms with Gasteiger partial charge in [-0.05, 0) is 29.3 Å². The first-order valence-corrected chi connectivity index (χ1v) is 8.35. The van der Waals surface area contributed by atoms with Gasteiger partial charge in [0, 0.05) is 0 Å². The number of rotatable bonds is 0. The van der Waals surface area contributed by atoms with E-state index in [2.05, 4.69) is 95.6 Å². The number of phenols is 1. The second kappa shape index (κ2) is 5.26. The number of hydrogen-bond donors (Lipinski definition) is 1. The molecule has 7 heteroatoms. The average Bonchev–Trinajstić information content (AvgIpc) is 1.99. The third-order valence-corrected chi connectivity index (χ3v) is 4.32. The van der Waals surface area contributed by atoms with E-state index in [1.165, 1.54) is 0 Å². The lowest BCUT2D eigenvalue weighted by Gasteiger charge is -2.18. The fourth-order valence-corrected chi connectivity index (χ4v) is 2.31. The first-order chi connectivity index (χ1) is 6.60. The molecule has 0 fully saturated rings. The molecule has 0 aromatic heterocycles. The molecular formula is C8H4Br6O. The van der Waals surface area contributed by atoms with Crippen molar-refractivity contribution in [1.82, 2.24) is 0 Å². The zero-order valence-corrected chi connectivity index (χ0v) is 16.5. The Morgan fingerprint density at radius 3 is 1.33 bits per heavy atom. The molecule has 0 bridgehead atoms. The lowest BCUT2D eigenvalue weighted by Crippen LogP contribution is -2.03. The molecule has 15 heavy (non-hydrogen) atoms. The second-order valence-electron chi connectivity index (χ2n) is 2.76. The van der Waals surface area contributed by atoms with E-state index in [0.29, 0.717) is 0 Å². The van der Waals surface area contributed by atoms with Gasteiger partial charge in [0.2, 0.25) is 0 Å². The van der Waals surface area contributed by atoms with Crippen molar-refractivity contribution in [3.05, 3.63) is 29.3 Å². The highest BCUT2D eigenvalue weighted by molar-refractivity contribution is 9.39. The molecule has 0 aliphatic carbocycles. The zero-order chi connectivity index (χ0) is 11.9. The van der Waals surface area contributed by atoms with Gasteiger partial charge in [-0.1, -0.05) is 95.6 Å². The van der Waals surface area contributed by atoms with Crippen LogP contribution in [0, 0.1) is 0 Å². The van der Waals surface area contributed by atoms with Crippen molar-refractivity contribution in [2.24, 2.45) is 0 Å². The lowest BCUT2D eigenvalue weighted by molar-refractivity contribution is 0.474. The summed E-state index contributed by atoms with van der Waals surface area (Å²) >= 11 is 20.4. The minimum Gasteiger partial charge on any atom is -0.508 e. The Morgan fingerprint density at radius 2 is 1.07 bits per heavy atom. The Balaban J connectivity index is 3.30. The smallest absolute Gasteiger partial charge is 0.160 e. The molecule has 0 aliphatic rings. The molecule has 0 saturated carbocycles. The summed E-state index contributed by atoms with van der Waals surface area (Å²) in [6.07, 6.45) is 0. The standard InChI is InChI=1S/C8H4Br6O/c9-7(10,11)4-1-5(8(12,13)14)3-6(15)2-4/h1-3,15H. The molecule has 1 aromatic carbocycles. The van der Waals surface area contributed by atoms with Gasteiger partial charge in [-0.2, -0.15) is 0 Å². The van der Waals surface area contributed by atoms with E-state index in [1.54, 1.807) is 12.1 Å². The van der Waals surface area contributed by atoms with Crippen molar-refractivity contribution >= 4 is 95.6 Å². The maximum atomic E-state index is 9.60. The Labute approximate surface area is 138 Å². The SMILES string of the molecule is Oc1cc(C(Br)(Br)Br)cc(C(Br)(Br)Br)c1. The molecule has 0 radical (unpaired) electrons. The van der Waals surface area contributed by atoms with Gasteiger partial charge in [0.25, 0.3) is 0 Å². The molecule has 0 spiro atoms. The first kappa shape index (κ1) is 15.0. The Bertz CT molecular complexity index is 332. The molecular weight excluding hydrogens is 592 g/mol. The summed E-state index contributed by atoms with van der Waals surface area (Å²) in [4.78, 5) is 0. The zero-order valence-electron chi connectivity index (χ0n) is 6.95. The molecule has 0 saturated heterocycles. The predicted molar refractivity (Wildman–Crippen MR) is 85.0 cm³/mol. The van der Waals surface area contributed by atoms with Crippen molar-refractivity contribution in [3.63, 3.8) is 0 Å². The van der Waals surface area contributed by atoms with E-state index in [-0.39, 0.29) is 5.75 Å². The monoisotopic (exact) mass is 590 g/mol. The Kier molecular flexibility index (Phi) is 5.25. The summed E-state index contributed by atoms with van der Waals surface area (Å²) in [6.45, 7) is 0. The molecule has 0 aliphatic heterocycles. The van der Waals surface area contributed by atoms with Crippen LogP contribution in [-0.2, 0) is 4.29 Å². The van der Waals surface area contributed by atoms with Crippen LogP contribution in [0.2, 0.25) is 0 Å². The Hall–Kier alpha value is 1.90. The normalized spacial score (nSPS) is 12.9. The Morgan fingerprint density at radius 1 is 0.733 bits per heavy atom. The van der Waals surface area contributed by atoms with Crippen LogP contribution in [0.1, 0.15) is 11.1 Å². The minimum absolute atomic E-state index is 0.188. The number of halogens is 6. The van der Waals surface area contributed by atoms with E-state index >= 15 is 0 Å². The largest absolute Gasteiger partial charge is 0.508 e. The van der Waals surface area contributed by atoms with E-state index < -0.39 is 4.29 Å². The van der Waals surface area contributed by atoms with Gasteiger partial charge in [-0.25, -0.2) is 0 Å². The second-order valence-corrected chi connectivity index (χ2v) is 16.3. The first-order valence-electron chi connectivity index (χ1n) is 3.59. The van der Waals surface area contributed by atoms with E-state index in [9.17, 15) is 5.11 Å². The van der Waals surface area contributed by atoms with Crippen molar-refractivity contribution in [3.8, 4) is 5.75 Å². The van der Waals surface area contributed by atoms with Gasteiger partial charge < -0.3 is 5.11 Å². The van der Waals surface area contributed by atoms with Crippen LogP contribution in [0.3, 0.4) is 0 Å². The predicted octanol–water partition coefficient (Wildman–Crippen LogP) is 5.98. The number of alkyl halides is 6. The molecule has 0 amide bonds. The van der Waals surface area contributed by atoms with Gasteiger partial charge in [-0.3, -0.25) is 0 Å². The third-order valence-electron chi connectivity index (χ3n) is 1.57. The summed E-state index contributed by atoms with van der Waals surface area (Å²) in [7, 11) is 0. The fraction of sp³-hybridized carbons (Fsp3) is 0.250. The lowest BCUT2D eigenvalue weighted by atomic mass is 10.1. The molecule has 0 unspecified atom stereocenters. The molecule has 0 atom stereocenters. The number of hydrogen-bond acceptors (Lipinski definition) is 1. The van der Waals surface area contributed by atoms with Crippen molar-refractivity contribution in [2.45, 2.75) is 4.29 Å². The maximum Gasteiger partial charge on any atom is 0.160 e. The van der Waals surface area contributed by atoms with Gasteiger partial charge in [0.1, 0.15) is 5.75 Å². The van der Waals surface area contributed by atoms with Crippen molar-refractivity contribution < 1.29 is 5.11 Å². The van der Waals surface area contributed by atoms with Crippen LogP contribution in [0.25, 0.3) is 0 Å². The van der Waals surface area contributed by atoms with E-state index in [1.807, 2.05) is 6.07 Å². The summed E-state index contributed by atoms with van der Waals surface area (Å²) in [5.41, 5.74) is 1.69. The van der Waals surface area contributed by atoms with Crippen molar-refractivity contribution in [1.29, 1.82) is 0 Å². The third kappa shape index (κ3) is 4.58. The highest BCUT2D eigenvalue weighted by atomic mass is 80.0. The van der Waals surface area contributed by atoms with Crippen molar-refractivity contribution in [2.75, 3.05) is 0 Å². The quantitative estimate of drug-likeness (QED) is 0.366. The van der Waals surface area contributed by atoms with Crippen LogP contribution in [0.15, 0.2) is 18.2 Å². The number of phenolic OH excluding ortho intramolecular Hbond substituents is 1. The number of benzene rings is 1. The molecule has 1 rings (SSSR count). The highest BCUT2D eigenvalue weighted by Crippen LogP contribution is 2.50. The van der Waals surface area contributed by atoms with Gasteiger partial charge in [0.05, 0.1) is 0 Å². The van der Waals surface area contributed by atoms with Crippen LogP contribution in [-0.4, -0.2) is 5.11 Å². The molecule has 1 N–H and O–H groups in total. The summed E-state index contributed by atoms with van der Waals surface area (Å²) in [6, 6.07) is 5.22. The van der Waals surface area contributed by atoms with Crippen LogP contribution in [0.4, 0.5) is 0 Å². The molecule has 1 aromatic rings. The van der Waals surface area contributed by atoms with E-state index in [0.717, 1.165) is 11.1 Å². The van der Waals surface area contributed by atoms with Gasteiger partial charge in [0.15, 0.2) is 4.29 Å². The molecule has 1 nitrogen and oxygen atoms in total. The molecule has 84 valence electrons. The summed E-state index contributed by atoms with van der Waals surface area (Å²) in [5, 5.41) is 9.60. The fourth-order valence-electron chi connectivity index (χ4n) is 0.939.